The zero-order chi connectivity index (χ0) is 23.7. The van der Waals surface area contributed by atoms with Crippen molar-refractivity contribution in [2.24, 2.45) is 0 Å². The summed E-state index contributed by atoms with van der Waals surface area (Å²) in [6, 6.07) is 23.8. The van der Waals surface area contributed by atoms with Crippen LogP contribution >= 0.6 is 12.2 Å². The Balaban J connectivity index is 1.51. The minimum atomic E-state index is -0.537. The molecular formula is C27H20FN3O2S. The van der Waals surface area contributed by atoms with Crippen LogP contribution in [0.2, 0.25) is 0 Å². The van der Waals surface area contributed by atoms with Gasteiger partial charge >= 0.3 is 0 Å². The molecule has 0 unspecified atom stereocenters. The molecule has 0 radical (unpaired) electrons. The van der Waals surface area contributed by atoms with Gasteiger partial charge < -0.3 is 4.57 Å². The standard InChI is InChI=1S/C27H20FN3O2S/c28-21-12-10-19(11-13-21)16-31-26(33)23(25(32)29-27(31)34)14-20-17-30(15-18-6-2-1-3-7-18)24-9-5-4-8-22(20)24/h1-14,17H,15-16H2,(H,29,32,34). The number of carbonyl (C=O) groups excluding carboxylic acids is 2. The van der Waals surface area contributed by atoms with Crippen LogP contribution in [0.4, 0.5) is 4.39 Å². The van der Waals surface area contributed by atoms with Crippen LogP contribution < -0.4 is 5.32 Å². The van der Waals surface area contributed by atoms with Crippen LogP contribution in [-0.4, -0.2) is 26.4 Å². The van der Waals surface area contributed by atoms with Crippen molar-refractivity contribution in [1.29, 1.82) is 0 Å². The van der Waals surface area contributed by atoms with E-state index in [1.807, 2.05) is 48.7 Å². The predicted molar refractivity (Wildman–Crippen MR) is 133 cm³/mol. The van der Waals surface area contributed by atoms with Crippen LogP contribution in [0.25, 0.3) is 17.0 Å². The number of halogens is 1. The number of nitrogens with zero attached hydrogens (tertiary/aromatic N) is 2. The SMILES string of the molecule is O=C1NC(=S)N(Cc2ccc(F)cc2)C(=O)C1=Cc1cn(Cc2ccccc2)c2ccccc12. The molecule has 7 heteroatoms. The third-order valence-corrected chi connectivity index (χ3v) is 6.08. The smallest absolute Gasteiger partial charge is 0.265 e. The van der Waals surface area contributed by atoms with Crippen molar-refractivity contribution < 1.29 is 14.0 Å². The van der Waals surface area contributed by atoms with Crippen LogP contribution in [0, 0.1) is 5.82 Å². The summed E-state index contributed by atoms with van der Waals surface area (Å²) in [4.78, 5) is 27.3. The first-order chi connectivity index (χ1) is 16.5. The first-order valence-corrected chi connectivity index (χ1v) is 11.2. The molecule has 2 amide bonds. The highest BCUT2D eigenvalue weighted by atomic mass is 32.1. The van der Waals surface area contributed by atoms with Gasteiger partial charge in [0.15, 0.2) is 5.11 Å². The van der Waals surface area contributed by atoms with Crippen molar-refractivity contribution in [1.82, 2.24) is 14.8 Å². The van der Waals surface area contributed by atoms with Gasteiger partial charge in [-0.2, -0.15) is 0 Å². The van der Waals surface area contributed by atoms with Crippen LogP contribution in [-0.2, 0) is 22.7 Å². The molecule has 5 nitrogen and oxygen atoms in total. The fraction of sp³-hybridized carbons (Fsp3) is 0.0741. The predicted octanol–water partition coefficient (Wildman–Crippen LogP) is 4.66. The zero-order valence-corrected chi connectivity index (χ0v) is 18.9. The van der Waals surface area contributed by atoms with Gasteiger partial charge in [-0.3, -0.25) is 19.8 Å². The van der Waals surface area contributed by atoms with Gasteiger partial charge in [-0.1, -0.05) is 60.7 Å². The van der Waals surface area contributed by atoms with Gasteiger partial charge in [0.2, 0.25) is 0 Å². The number of benzene rings is 3. The number of amides is 2. The van der Waals surface area contributed by atoms with Crippen molar-refractivity contribution in [3.8, 4) is 0 Å². The molecule has 168 valence electrons. The van der Waals surface area contributed by atoms with E-state index in [4.69, 9.17) is 12.2 Å². The topological polar surface area (TPSA) is 54.3 Å². The Morgan fingerprint density at radius 2 is 1.53 bits per heavy atom. The zero-order valence-electron chi connectivity index (χ0n) is 18.1. The molecule has 4 aromatic rings. The fourth-order valence-electron chi connectivity index (χ4n) is 4.07. The number of fused-ring (bicyclic) bond motifs is 1. The molecule has 0 aliphatic carbocycles. The van der Waals surface area contributed by atoms with Gasteiger partial charge in [-0.15, -0.1) is 0 Å². The van der Waals surface area contributed by atoms with Crippen molar-refractivity contribution in [3.63, 3.8) is 0 Å². The van der Waals surface area contributed by atoms with E-state index < -0.39 is 11.8 Å². The lowest BCUT2D eigenvalue weighted by molar-refractivity contribution is -0.129. The number of nitrogens with one attached hydrogen (secondary N) is 1. The van der Waals surface area contributed by atoms with E-state index >= 15 is 0 Å². The Bertz CT molecular complexity index is 1440. The largest absolute Gasteiger partial charge is 0.342 e. The number of thiocarbonyl (C=S) groups is 1. The molecule has 34 heavy (non-hydrogen) atoms. The van der Waals surface area contributed by atoms with Gasteiger partial charge in [-0.05, 0) is 47.6 Å². The summed E-state index contributed by atoms with van der Waals surface area (Å²) in [5.74, 6) is -1.39. The Labute approximate surface area is 201 Å². The maximum absolute atomic E-state index is 13.3. The van der Waals surface area contributed by atoms with E-state index in [9.17, 15) is 14.0 Å². The first-order valence-electron chi connectivity index (χ1n) is 10.7. The van der Waals surface area contributed by atoms with Crippen LogP contribution in [0.5, 0.6) is 0 Å². The highest BCUT2D eigenvalue weighted by molar-refractivity contribution is 7.80. The lowest BCUT2D eigenvalue weighted by Crippen LogP contribution is -2.53. The molecule has 0 spiro atoms. The van der Waals surface area contributed by atoms with Gasteiger partial charge in [-0.25, -0.2) is 4.39 Å². The fourth-order valence-corrected chi connectivity index (χ4v) is 4.31. The number of aromatic nitrogens is 1. The maximum atomic E-state index is 13.3. The number of carbonyl (C=O) groups is 2. The Morgan fingerprint density at radius 1 is 0.853 bits per heavy atom. The quantitative estimate of drug-likeness (QED) is 0.263. The first kappa shape index (κ1) is 21.7. The van der Waals surface area contributed by atoms with E-state index in [0.717, 1.165) is 22.0 Å². The Morgan fingerprint density at radius 3 is 2.29 bits per heavy atom. The molecule has 0 saturated carbocycles. The number of para-hydroxylation sites is 1. The lowest BCUT2D eigenvalue weighted by Gasteiger charge is -2.29. The molecule has 1 aromatic heterocycles. The molecule has 3 aromatic carbocycles. The van der Waals surface area contributed by atoms with Gasteiger partial charge in [0.05, 0.1) is 6.54 Å². The minimum absolute atomic E-state index is 0.00155. The summed E-state index contributed by atoms with van der Waals surface area (Å²) in [7, 11) is 0. The van der Waals surface area contributed by atoms with Crippen molar-refractivity contribution in [2.45, 2.75) is 13.1 Å². The third-order valence-electron chi connectivity index (χ3n) is 5.75. The second-order valence-electron chi connectivity index (χ2n) is 8.05. The van der Waals surface area contributed by atoms with E-state index in [-0.39, 0.29) is 23.0 Å². The monoisotopic (exact) mass is 469 g/mol. The van der Waals surface area contributed by atoms with Gasteiger partial charge in [0.25, 0.3) is 11.8 Å². The summed E-state index contributed by atoms with van der Waals surface area (Å²) >= 11 is 5.25. The molecule has 0 atom stereocenters. The Kier molecular flexibility index (Phi) is 5.77. The van der Waals surface area contributed by atoms with E-state index in [0.29, 0.717) is 12.1 Å². The second kappa shape index (κ2) is 9.03. The molecule has 1 N–H and O–H groups in total. The Hall–Kier alpha value is -4.10. The molecule has 0 bridgehead atoms. The molecular weight excluding hydrogens is 449 g/mol. The summed E-state index contributed by atoms with van der Waals surface area (Å²) in [5.41, 5.74) is 3.61. The van der Waals surface area contributed by atoms with E-state index in [1.54, 1.807) is 18.2 Å². The van der Waals surface area contributed by atoms with Crippen molar-refractivity contribution >= 4 is 46.1 Å². The minimum Gasteiger partial charge on any atom is -0.342 e. The van der Waals surface area contributed by atoms with Crippen LogP contribution in [0.3, 0.4) is 0 Å². The van der Waals surface area contributed by atoms with E-state index in [2.05, 4.69) is 22.0 Å². The van der Waals surface area contributed by atoms with Gasteiger partial charge in [0, 0.05) is 29.2 Å². The summed E-state index contributed by atoms with van der Waals surface area (Å²) in [5, 5.41) is 3.57. The van der Waals surface area contributed by atoms with Crippen LogP contribution in [0.1, 0.15) is 16.7 Å². The molecule has 5 rings (SSSR count). The van der Waals surface area contributed by atoms with E-state index in [1.165, 1.54) is 17.0 Å². The highest BCUT2D eigenvalue weighted by Crippen LogP contribution is 2.26. The summed E-state index contributed by atoms with van der Waals surface area (Å²) in [6.07, 6.45) is 3.56. The average Bonchev–Trinajstić information content (AvgIpc) is 3.18. The molecule has 1 saturated heterocycles. The van der Waals surface area contributed by atoms with Crippen molar-refractivity contribution in [3.05, 3.63) is 113 Å². The third kappa shape index (κ3) is 4.25. The lowest BCUT2D eigenvalue weighted by atomic mass is 10.1. The number of rotatable bonds is 5. The second-order valence-corrected chi connectivity index (χ2v) is 8.44. The summed E-state index contributed by atoms with van der Waals surface area (Å²) < 4.78 is 15.4. The molecule has 2 heterocycles. The normalized spacial score (nSPS) is 15.3. The molecule has 1 aliphatic rings. The summed E-state index contributed by atoms with van der Waals surface area (Å²) in [6.45, 7) is 0.788. The molecule has 1 aliphatic heterocycles. The van der Waals surface area contributed by atoms with Crippen molar-refractivity contribution in [2.75, 3.05) is 0 Å². The van der Waals surface area contributed by atoms with Crippen LogP contribution in [0.15, 0.2) is 90.6 Å². The maximum Gasteiger partial charge on any atom is 0.265 e. The highest BCUT2D eigenvalue weighted by Gasteiger charge is 2.33. The average molecular weight is 470 g/mol. The number of hydrogen-bond donors (Lipinski definition) is 1. The molecule has 1 fully saturated rings. The van der Waals surface area contributed by atoms with Gasteiger partial charge in [0.1, 0.15) is 11.4 Å². The number of hydrogen-bond acceptors (Lipinski definition) is 3.